The first-order valence-corrected chi connectivity index (χ1v) is 13.1. The van der Waals surface area contributed by atoms with Crippen LogP contribution in [0.3, 0.4) is 0 Å². The maximum absolute atomic E-state index is 10.5. The van der Waals surface area contributed by atoms with Gasteiger partial charge < -0.3 is 19.3 Å². The van der Waals surface area contributed by atoms with E-state index in [9.17, 15) is 5.11 Å². The normalized spacial score (nSPS) is 37.9. The third kappa shape index (κ3) is 5.54. The Morgan fingerprint density at radius 3 is 2.31 bits per heavy atom. The number of terminal acetylenes is 1. The van der Waals surface area contributed by atoms with Crippen LogP contribution in [0.25, 0.3) is 0 Å². The summed E-state index contributed by atoms with van der Waals surface area (Å²) in [5.74, 6) is 2.73. The molecular formula is C28H48O4. The highest BCUT2D eigenvalue weighted by Gasteiger charge is 2.55. The summed E-state index contributed by atoms with van der Waals surface area (Å²) in [6.07, 6.45) is 19.6. The molecule has 6 unspecified atom stereocenters. The molecule has 0 aromatic heterocycles. The summed E-state index contributed by atoms with van der Waals surface area (Å²) in [6.45, 7) is 12.1. The molecule has 1 aliphatic heterocycles. The Balaban J connectivity index is 0.000000353. The number of hydrogen-bond donors (Lipinski definition) is 1. The fourth-order valence-electron chi connectivity index (χ4n) is 6.86. The van der Waals surface area contributed by atoms with Crippen LogP contribution < -0.4 is 0 Å². The van der Waals surface area contributed by atoms with Gasteiger partial charge >= 0.3 is 0 Å². The second-order valence-electron chi connectivity index (χ2n) is 10.0. The van der Waals surface area contributed by atoms with Gasteiger partial charge in [0.05, 0.1) is 26.4 Å². The van der Waals surface area contributed by atoms with Crippen molar-refractivity contribution in [3.63, 3.8) is 0 Å². The summed E-state index contributed by atoms with van der Waals surface area (Å²) in [7, 11) is 1.44. The molecule has 0 aromatic carbocycles. The molecule has 4 nitrogen and oxygen atoms in total. The van der Waals surface area contributed by atoms with Gasteiger partial charge in [0.2, 0.25) is 0 Å². The Morgan fingerprint density at radius 1 is 1.09 bits per heavy atom. The third-order valence-corrected chi connectivity index (χ3v) is 8.24. The van der Waals surface area contributed by atoms with Crippen molar-refractivity contribution in [3.8, 4) is 12.5 Å². The molecule has 5 rings (SSSR count). The van der Waals surface area contributed by atoms with Gasteiger partial charge in [0, 0.05) is 18.3 Å². The SMILES string of the molecule is C#COC.CC.CC12CC=C3C4CCC5(CC4CCC3C1CCC2O)OCCO5.CCC. The maximum atomic E-state index is 10.5. The molecule has 0 amide bonds. The van der Waals surface area contributed by atoms with E-state index in [0.717, 1.165) is 56.7 Å². The lowest BCUT2D eigenvalue weighted by atomic mass is 9.54. The minimum absolute atomic E-state index is 0.0852. The Hall–Kier alpha value is -1.02. The fraction of sp³-hybridized carbons (Fsp3) is 0.857. The van der Waals surface area contributed by atoms with Gasteiger partial charge in [-0.2, -0.15) is 0 Å². The first kappa shape index (κ1) is 27.2. The molecule has 1 spiro atoms. The average Bonchev–Trinajstić information content (AvgIpc) is 3.39. The molecule has 4 heteroatoms. The van der Waals surface area contributed by atoms with Crippen LogP contribution in [-0.2, 0) is 14.2 Å². The predicted molar refractivity (Wildman–Crippen MR) is 131 cm³/mol. The number of aliphatic hydroxyl groups is 1. The van der Waals surface area contributed by atoms with Crippen LogP contribution >= 0.6 is 0 Å². The van der Waals surface area contributed by atoms with Gasteiger partial charge in [0.25, 0.3) is 0 Å². The molecule has 1 saturated heterocycles. The van der Waals surface area contributed by atoms with Gasteiger partial charge in [-0.1, -0.05) is 59.1 Å². The van der Waals surface area contributed by atoms with E-state index in [1.807, 2.05) is 20.0 Å². The van der Waals surface area contributed by atoms with E-state index >= 15 is 0 Å². The number of rotatable bonds is 0. The van der Waals surface area contributed by atoms with E-state index in [0.29, 0.717) is 5.92 Å². The molecule has 4 fully saturated rings. The van der Waals surface area contributed by atoms with E-state index in [1.165, 1.54) is 39.2 Å². The van der Waals surface area contributed by atoms with Gasteiger partial charge in [-0.05, 0) is 62.2 Å². The van der Waals surface area contributed by atoms with Crippen molar-refractivity contribution in [2.24, 2.45) is 29.1 Å². The summed E-state index contributed by atoms with van der Waals surface area (Å²) >= 11 is 0. The van der Waals surface area contributed by atoms with Gasteiger partial charge in [-0.15, -0.1) is 0 Å². The first-order chi connectivity index (χ1) is 15.4. The van der Waals surface area contributed by atoms with Crippen LogP contribution in [0.2, 0.25) is 0 Å². The van der Waals surface area contributed by atoms with Crippen molar-refractivity contribution in [2.45, 2.75) is 104 Å². The van der Waals surface area contributed by atoms with E-state index in [2.05, 4.69) is 38.0 Å². The molecule has 0 radical (unpaired) electrons. The van der Waals surface area contributed by atoms with E-state index in [1.54, 1.807) is 5.57 Å². The van der Waals surface area contributed by atoms with E-state index in [-0.39, 0.29) is 17.3 Å². The van der Waals surface area contributed by atoms with Crippen molar-refractivity contribution in [1.82, 2.24) is 0 Å². The number of methoxy groups -OCH3 is 1. The first-order valence-electron chi connectivity index (χ1n) is 13.1. The zero-order valence-electron chi connectivity index (χ0n) is 21.5. The van der Waals surface area contributed by atoms with Crippen molar-refractivity contribution < 1.29 is 19.3 Å². The zero-order valence-corrected chi connectivity index (χ0v) is 21.5. The van der Waals surface area contributed by atoms with Crippen LogP contribution in [0.15, 0.2) is 11.6 Å². The third-order valence-electron chi connectivity index (χ3n) is 8.24. The average molecular weight is 449 g/mol. The van der Waals surface area contributed by atoms with Crippen molar-refractivity contribution in [1.29, 1.82) is 0 Å². The lowest BCUT2D eigenvalue weighted by molar-refractivity contribution is -0.196. The quantitative estimate of drug-likeness (QED) is 0.347. The van der Waals surface area contributed by atoms with E-state index < -0.39 is 0 Å². The van der Waals surface area contributed by atoms with Crippen LogP contribution in [0, 0.1) is 41.6 Å². The van der Waals surface area contributed by atoms with Crippen molar-refractivity contribution in [3.05, 3.63) is 11.6 Å². The molecular weight excluding hydrogens is 400 g/mol. The number of ether oxygens (including phenoxy) is 3. The van der Waals surface area contributed by atoms with Crippen LogP contribution in [0.4, 0.5) is 0 Å². The summed E-state index contributed by atoms with van der Waals surface area (Å²) in [4.78, 5) is 0. The minimum Gasteiger partial charge on any atom is -0.450 e. The largest absolute Gasteiger partial charge is 0.450 e. The number of fused-ring (bicyclic) bond motifs is 5. The fourth-order valence-corrected chi connectivity index (χ4v) is 6.86. The monoisotopic (exact) mass is 448 g/mol. The second-order valence-corrected chi connectivity index (χ2v) is 10.0. The second kappa shape index (κ2) is 12.4. The van der Waals surface area contributed by atoms with Crippen molar-refractivity contribution in [2.75, 3.05) is 20.3 Å². The Bertz CT molecular complexity index is 630. The Kier molecular flexibility index (Phi) is 10.6. The summed E-state index contributed by atoms with van der Waals surface area (Å²) < 4.78 is 16.1. The number of hydrogen-bond acceptors (Lipinski definition) is 4. The highest BCUT2D eigenvalue weighted by Crippen LogP contribution is 2.61. The topological polar surface area (TPSA) is 47.9 Å². The molecule has 184 valence electrons. The molecule has 0 bridgehead atoms. The van der Waals surface area contributed by atoms with Gasteiger partial charge in [0.1, 0.15) is 6.11 Å². The van der Waals surface area contributed by atoms with Crippen LogP contribution in [0.5, 0.6) is 0 Å². The summed E-state index contributed by atoms with van der Waals surface area (Å²) in [6, 6.07) is 0. The highest BCUT2D eigenvalue weighted by molar-refractivity contribution is 5.25. The number of aliphatic hydroxyl groups excluding tert-OH is 1. The molecule has 1 heterocycles. The van der Waals surface area contributed by atoms with Gasteiger partial charge in [-0.25, -0.2) is 0 Å². The smallest absolute Gasteiger partial charge is 0.168 e. The lowest BCUT2D eigenvalue weighted by Gasteiger charge is -2.52. The lowest BCUT2D eigenvalue weighted by Crippen LogP contribution is -2.47. The molecule has 5 aliphatic rings. The molecule has 0 aromatic rings. The Labute approximate surface area is 197 Å². The van der Waals surface area contributed by atoms with Crippen LogP contribution in [-0.4, -0.2) is 37.3 Å². The molecule has 4 aliphatic carbocycles. The highest BCUT2D eigenvalue weighted by atomic mass is 16.7. The Morgan fingerprint density at radius 2 is 1.72 bits per heavy atom. The standard InChI is InChI=1S/C20H30O3.C3H4O.C3H8.C2H6/c1-19-8-6-15-14-7-9-20(22-10-11-23-20)12-13(14)2-3-16(15)17(19)4-5-18(19)21;1-3-4-2;1-3-2;1-2/h6,13-14,16-18,21H,2-5,7-12H2,1H3;1H,2H3;3H2,1-2H3;1-2H3. The minimum atomic E-state index is -0.235. The van der Waals surface area contributed by atoms with Gasteiger partial charge in [0.15, 0.2) is 5.79 Å². The van der Waals surface area contributed by atoms with Gasteiger partial charge in [-0.3, -0.25) is 0 Å². The van der Waals surface area contributed by atoms with Crippen LogP contribution in [0.1, 0.15) is 92.4 Å². The zero-order chi connectivity index (χ0) is 23.8. The summed E-state index contributed by atoms with van der Waals surface area (Å²) in [5.41, 5.74) is 1.90. The molecule has 3 saturated carbocycles. The summed E-state index contributed by atoms with van der Waals surface area (Å²) in [5, 5.41) is 10.5. The maximum Gasteiger partial charge on any atom is 0.168 e. The molecule has 6 atom stereocenters. The van der Waals surface area contributed by atoms with Crippen molar-refractivity contribution >= 4 is 0 Å². The molecule has 32 heavy (non-hydrogen) atoms. The number of allylic oxidation sites excluding steroid dienone is 2. The molecule has 1 N–H and O–H groups in total. The van der Waals surface area contributed by atoms with E-state index in [4.69, 9.17) is 9.47 Å². The predicted octanol–water partition coefficient (Wildman–Crippen LogP) is 6.33.